The van der Waals surface area contributed by atoms with E-state index in [4.69, 9.17) is 0 Å². The van der Waals surface area contributed by atoms with Gasteiger partial charge in [0.05, 0.1) is 11.3 Å². The maximum atomic E-state index is 10.6. The van der Waals surface area contributed by atoms with Gasteiger partial charge in [0.15, 0.2) is 6.29 Å². The lowest BCUT2D eigenvalue weighted by Crippen LogP contribution is -2.06. The molecule has 70 valence electrons. The third kappa shape index (κ3) is 1.11. The molecule has 0 spiro atoms. The lowest BCUT2D eigenvalue weighted by molar-refractivity contribution is 0.111. The van der Waals surface area contributed by atoms with Gasteiger partial charge in [-0.05, 0) is 32.3 Å². The summed E-state index contributed by atoms with van der Waals surface area (Å²) in [4.78, 5) is 13.6. The third-order valence-electron chi connectivity index (χ3n) is 2.78. The summed E-state index contributed by atoms with van der Waals surface area (Å²) in [7, 11) is 0. The Bertz CT molecular complexity index is 361. The van der Waals surface area contributed by atoms with Crippen molar-refractivity contribution in [3.63, 3.8) is 0 Å². The van der Waals surface area contributed by atoms with Crippen molar-refractivity contribution in [2.24, 2.45) is 0 Å². The summed E-state index contributed by atoms with van der Waals surface area (Å²) >= 11 is 0. The molecule has 1 aliphatic rings. The van der Waals surface area contributed by atoms with Crippen LogP contribution in [0.2, 0.25) is 0 Å². The molecule has 0 aliphatic heterocycles. The van der Waals surface area contributed by atoms with Crippen LogP contribution in [0.25, 0.3) is 0 Å². The van der Waals surface area contributed by atoms with Gasteiger partial charge in [-0.25, -0.2) is 0 Å². The van der Waals surface area contributed by atoms with E-state index in [0.29, 0.717) is 5.69 Å². The highest BCUT2D eigenvalue weighted by Gasteiger charge is 2.45. The second-order valence-electron chi connectivity index (χ2n) is 3.81. The summed E-state index contributed by atoms with van der Waals surface area (Å²) in [6, 6.07) is 0. The lowest BCUT2D eigenvalue weighted by atomic mass is 10.0. The normalized spacial score (nSPS) is 18.7. The highest BCUT2D eigenvalue weighted by molar-refractivity contribution is 5.76. The Labute approximate surface area is 76.8 Å². The first-order chi connectivity index (χ1) is 6.08. The van der Waals surface area contributed by atoms with Crippen LogP contribution in [-0.2, 0) is 5.60 Å². The van der Waals surface area contributed by atoms with E-state index >= 15 is 0 Å². The second kappa shape index (κ2) is 2.45. The van der Waals surface area contributed by atoms with Gasteiger partial charge in [-0.3, -0.25) is 4.79 Å². The van der Waals surface area contributed by atoms with Gasteiger partial charge in [0.1, 0.15) is 0 Å². The molecule has 0 radical (unpaired) electrons. The zero-order chi connectivity index (χ0) is 9.64. The first kappa shape index (κ1) is 8.51. The Kier molecular flexibility index (Phi) is 1.60. The second-order valence-corrected chi connectivity index (χ2v) is 3.81. The molecular weight excluding hydrogens is 166 g/mol. The summed E-state index contributed by atoms with van der Waals surface area (Å²) in [5, 5.41) is 9.93. The number of carbonyl (C=O) groups is 1. The van der Waals surface area contributed by atoms with Gasteiger partial charge in [0.25, 0.3) is 0 Å². The summed E-state index contributed by atoms with van der Waals surface area (Å²) in [5.41, 5.74) is 2.68. The molecule has 1 aromatic rings. The standard InChI is InChI=1S/C10H13NO2/c1-6-8(5-12)11-7(2)9(6)10(13)3-4-10/h5,11,13H,3-4H2,1-2H3. The van der Waals surface area contributed by atoms with Crippen LogP contribution in [0.4, 0.5) is 0 Å². The average molecular weight is 179 g/mol. The molecule has 0 saturated heterocycles. The highest BCUT2D eigenvalue weighted by atomic mass is 16.3. The summed E-state index contributed by atoms with van der Waals surface area (Å²) in [5.74, 6) is 0. The Hall–Kier alpha value is -1.09. The quantitative estimate of drug-likeness (QED) is 0.675. The summed E-state index contributed by atoms with van der Waals surface area (Å²) < 4.78 is 0. The Morgan fingerprint density at radius 1 is 1.46 bits per heavy atom. The minimum absolute atomic E-state index is 0.591. The van der Waals surface area contributed by atoms with Crippen molar-refractivity contribution in [2.45, 2.75) is 32.3 Å². The van der Waals surface area contributed by atoms with Crippen LogP contribution in [0.1, 0.15) is 40.2 Å². The van der Waals surface area contributed by atoms with Crippen molar-refractivity contribution in [1.29, 1.82) is 0 Å². The Morgan fingerprint density at radius 2 is 2.08 bits per heavy atom. The number of aromatic nitrogens is 1. The Morgan fingerprint density at radius 3 is 2.46 bits per heavy atom. The average Bonchev–Trinajstić information content (AvgIpc) is 2.72. The zero-order valence-corrected chi connectivity index (χ0v) is 7.85. The first-order valence-corrected chi connectivity index (χ1v) is 4.46. The number of aromatic amines is 1. The molecule has 2 N–H and O–H groups in total. The molecule has 2 rings (SSSR count). The van der Waals surface area contributed by atoms with Crippen molar-refractivity contribution in [3.8, 4) is 0 Å². The number of rotatable bonds is 2. The molecule has 0 aromatic carbocycles. The van der Waals surface area contributed by atoms with Gasteiger partial charge >= 0.3 is 0 Å². The fourth-order valence-electron chi connectivity index (χ4n) is 1.96. The molecule has 1 heterocycles. The van der Waals surface area contributed by atoms with E-state index in [1.165, 1.54) is 0 Å². The molecule has 1 aliphatic carbocycles. The van der Waals surface area contributed by atoms with Gasteiger partial charge in [-0.15, -0.1) is 0 Å². The number of H-pyrrole nitrogens is 1. The van der Waals surface area contributed by atoms with Gasteiger partial charge < -0.3 is 10.1 Å². The lowest BCUT2D eigenvalue weighted by Gasteiger charge is -2.08. The molecule has 3 nitrogen and oxygen atoms in total. The van der Waals surface area contributed by atoms with Crippen LogP contribution < -0.4 is 0 Å². The maximum Gasteiger partial charge on any atom is 0.166 e. The van der Waals surface area contributed by atoms with E-state index in [1.807, 2.05) is 13.8 Å². The summed E-state index contributed by atoms with van der Waals surface area (Å²) in [6.45, 7) is 3.77. The zero-order valence-electron chi connectivity index (χ0n) is 7.85. The topological polar surface area (TPSA) is 53.1 Å². The maximum absolute atomic E-state index is 10.6. The number of aryl methyl sites for hydroxylation is 1. The van der Waals surface area contributed by atoms with Crippen molar-refractivity contribution in [1.82, 2.24) is 4.98 Å². The molecular formula is C10H13NO2. The van der Waals surface area contributed by atoms with Crippen LogP contribution >= 0.6 is 0 Å². The number of aldehydes is 1. The summed E-state index contributed by atoms with van der Waals surface area (Å²) in [6.07, 6.45) is 2.42. The van der Waals surface area contributed by atoms with Crippen LogP contribution in [0, 0.1) is 13.8 Å². The van der Waals surface area contributed by atoms with E-state index in [2.05, 4.69) is 4.98 Å². The Balaban J connectivity index is 2.56. The molecule has 13 heavy (non-hydrogen) atoms. The van der Waals surface area contributed by atoms with Crippen LogP contribution in [0.15, 0.2) is 0 Å². The van der Waals surface area contributed by atoms with Gasteiger partial charge in [-0.1, -0.05) is 0 Å². The van der Waals surface area contributed by atoms with Crippen molar-refractivity contribution < 1.29 is 9.90 Å². The van der Waals surface area contributed by atoms with Crippen LogP contribution in [0.3, 0.4) is 0 Å². The SMILES string of the molecule is Cc1[nH]c(C=O)c(C)c1C1(O)CC1. The predicted molar refractivity (Wildman–Crippen MR) is 48.8 cm³/mol. The van der Waals surface area contributed by atoms with E-state index in [1.54, 1.807) is 0 Å². The highest BCUT2D eigenvalue weighted by Crippen LogP contribution is 2.48. The van der Waals surface area contributed by atoms with E-state index in [9.17, 15) is 9.90 Å². The number of hydrogen-bond donors (Lipinski definition) is 2. The van der Waals surface area contributed by atoms with Crippen LogP contribution in [0.5, 0.6) is 0 Å². The van der Waals surface area contributed by atoms with Crippen molar-refractivity contribution >= 4 is 6.29 Å². The largest absolute Gasteiger partial charge is 0.385 e. The number of nitrogens with one attached hydrogen (secondary N) is 1. The molecule has 0 bridgehead atoms. The number of hydrogen-bond acceptors (Lipinski definition) is 2. The first-order valence-electron chi connectivity index (χ1n) is 4.46. The van der Waals surface area contributed by atoms with Crippen molar-refractivity contribution in [3.05, 3.63) is 22.5 Å². The van der Waals surface area contributed by atoms with Gasteiger partial charge in [0, 0.05) is 11.3 Å². The van der Waals surface area contributed by atoms with Gasteiger partial charge in [-0.2, -0.15) is 0 Å². The van der Waals surface area contributed by atoms with Gasteiger partial charge in [0.2, 0.25) is 0 Å². The molecule has 0 atom stereocenters. The fraction of sp³-hybridized carbons (Fsp3) is 0.500. The van der Waals surface area contributed by atoms with E-state index in [-0.39, 0.29) is 0 Å². The minimum Gasteiger partial charge on any atom is -0.385 e. The minimum atomic E-state index is -0.647. The molecule has 1 aromatic heterocycles. The molecule has 3 heteroatoms. The third-order valence-corrected chi connectivity index (χ3v) is 2.78. The monoisotopic (exact) mass is 179 g/mol. The number of carbonyl (C=O) groups excluding carboxylic acids is 1. The predicted octanol–water partition coefficient (Wildman–Crippen LogP) is 1.43. The smallest absolute Gasteiger partial charge is 0.166 e. The number of aliphatic hydroxyl groups is 1. The molecule has 0 unspecified atom stereocenters. The van der Waals surface area contributed by atoms with E-state index in [0.717, 1.165) is 35.9 Å². The van der Waals surface area contributed by atoms with Crippen LogP contribution in [-0.4, -0.2) is 16.4 Å². The van der Waals surface area contributed by atoms with E-state index < -0.39 is 5.60 Å². The molecule has 1 fully saturated rings. The fourth-order valence-corrected chi connectivity index (χ4v) is 1.96. The molecule has 1 saturated carbocycles. The van der Waals surface area contributed by atoms with Crippen molar-refractivity contribution in [2.75, 3.05) is 0 Å². The molecule has 0 amide bonds.